The number of aryl methyl sites for hydroxylation is 1. The molecule has 0 radical (unpaired) electrons. The Labute approximate surface area is 158 Å². The van der Waals surface area contributed by atoms with Crippen LogP contribution in [0.1, 0.15) is 26.5 Å². The number of esters is 1. The second-order valence-electron chi connectivity index (χ2n) is 5.80. The number of furan rings is 1. The Morgan fingerprint density at radius 3 is 2.54 bits per heavy atom. The van der Waals surface area contributed by atoms with Crippen LogP contribution < -0.4 is 9.47 Å². The Morgan fingerprint density at radius 2 is 1.86 bits per heavy atom. The zero-order valence-corrected chi connectivity index (χ0v) is 15.0. The minimum Gasteiger partial charge on any atom is -0.493 e. The van der Waals surface area contributed by atoms with Crippen LogP contribution in [0, 0.1) is 6.92 Å². The van der Waals surface area contributed by atoms with Gasteiger partial charge in [0.25, 0.3) is 0 Å². The van der Waals surface area contributed by atoms with Crippen molar-refractivity contribution in [2.24, 2.45) is 0 Å². The van der Waals surface area contributed by atoms with E-state index in [0.29, 0.717) is 11.1 Å². The van der Waals surface area contributed by atoms with Crippen molar-refractivity contribution in [2.45, 2.75) is 13.5 Å². The van der Waals surface area contributed by atoms with Crippen molar-refractivity contribution in [3.8, 4) is 11.5 Å². The Morgan fingerprint density at radius 1 is 1.11 bits per heavy atom. The fourth-order valence-corrected chi connectivity index (χ4v) is 2.71. The highest BCUT2D eigenvalue weighted by Gasteiger charge is 2.20. The van der Waals surface area contributed by atoms with Gasteiger partial charge < -0.3 is 18.6 Å². The van der Waals surface area contributed by atoms with Gasteiger partial charge in [-0.25, -0.2) is 4.79 Å². The summed E-state index contributed by atoms with van der Waals surface area (Å²) in [4.78, 5) is 24.6. The van der Waals surface area contributed by atoms with Crippen LogP contribution in [0.25, 0.3) is 11.0 Å². The third-order valence-corrected chi connectivity index (χ3v) is 4.05. The standard InChI is InChI=1S/C20H16F2O6/c1-11-13-5-3-4-6-15(13)27-18(11)14(23)10-26-19(24)12-7-8-16(28-20(21)22)17(9-12)25-2/h3-9,20H,10H2,1-2H3. The van der Waals surface area contributed by atoms with Crippen molar-refractivity contribution >= 4 is 22.7 Å². The summed E-state index contributed by atoms with van der Waals surface area (Å²) in [7, 11) is 1.25. The summed E-state index contributed by atoms with van der Waals surface area (Å²) in [5.74, 6) is -1.47. The molecule has 1 heterocycles. The van der Waals surface area contributed by atoms with E-state index >= 15 is 0 Å². The molecule has 0 aliphatic heterocycles. The topological polar surface area (TPSA) is 75.0 Å². The molecule has 0 atom stereocenters. The molecule has 0 aliphatic rings. The van der Waals surface area contributed by atoms with Gasteiger partial charge in [-0.3, -0.25) is 4.79 Å². The lowest BCUT2D eigenvalue weighted by Gasteiger charge is -2.11. The number of benzene rings is 2. The number of carbonyl (C=O) groups excluding carboxylic acids is 2. The van der Waals surface area contributed by atoms with Gasteiger partial charge in [0.15, 0.2) is 23.9 Å². The Kier molecular flexibility index (Phi) is 5.58. The Bertz CT molecular complexity index is 1020. The minimum absolute atomic E-state index is 0.0209. The third kappa shape index (κ3) is 3.95. The molecule has 0 saturated heterocycles. The first-order valence-corrected chi connectivity index (χ1v) is 8.22. The number of methoxy groups -OCH3 is 1. The molecular weight excluding hydrogens is 374 g/mol. The van der Waals surface area contributed by atoms with Crippen molar-refractivity contribution in [1.82, 2.24) is 0 Å². The molecule has 28 heavy (non-hydrogen) atoms. The number of halogens is 2. The molecule has 146 valence electrons. The molecule has 3 rings (SSSR count). The summed E-state index contributed by atoms with van der Waals surface area (Å²) < 4.78 is 44.5. The number of hydrogen-bond donors (Lipinski definition) is 0. The second-order valence-corrected chi connectivity index (χ2v) is 5.80. The van der Waals surface area contributed by atoms with Gasteiger partial charge in [-0.05, 0) is 31.2 Å². The average Bonchev–Trinajstić information content (AvgIpc) is 3.02. The predicted molar refractivity (Wildman–Crippen MR) is 95.2 cm³/mol. The Balaban J connectivity index is 1.71. The zero-order chi connectivity index (χ0) is 20.3. The van der Waals surface area contributed by atoms with Gasteiger partial charge in [-0.2, -0.15) is 8.78 Å². The normalized spacial score (nSPS) is 10.9. The second kappa shape index (κ2) is 8.08. The van der Waals surface area contributed by atoms with Crippen LogP contribution in [-0.2, 0) is 4.74 Å². The van der Waals surface area contributed by atoms with Crippen LogP contribution in [0.15, 0.2) is 46.9 Å². The predicted octanol–water partition coefficient (Wildman–Crippen LogP) is 4.39. The lowest BCUT2D eigenvalue weighted by Crippen LogP contribution is -2.14. The molecule has 3 aromatic rings. The van der Waals surface area contributed by atoms with E-state index in [1.54, 1.807) is 19.1 Å². The number of para-hydroxylation sites is 1. The smallest absolute Gasteiger partial charge is 0.387 e. The van der Waals surface area contributed by atoms with Gasteiger partial charge in [0.05, 0.1) is 12.7 Å². The summed E-state index contributed by atoms with van der Waals surface area (Å²) in [5.41, 5.74) is 1.24. The van der Waals surface area contributed by atoms with E-state index in [9.17, 15) is 18.4 Å². The third-order valence-electron chi connectivity index (χ3n) is 4.05. The van der Waals surface area contributed by atoms with E-state index < -0.39 is 25.0 Å². The first-order chi connectivity index (χ1) is 13.4. The molecule has 0 amide bonds. The van der Waals surface area contributed by atoms with Crippen LogP contribution in [0.3, 0.4) is 0 Å². The fraction of sp³-hybridized carbons (Fsp3) is 0.200. The number of carbonyl (C=O) groups is 2. The van der Waals surface area contributed by atoms with Crippen LogP contribution >= 0.6 is 0 Å². The number of ketones is 1. The Hall–Kier alpha value is -3.42. The number of alkyl halides is 2. The molecule has 0 N–H and O–H groups in total. The molecule has 0 aliphatic carbocycles. The largest absolute Gasteiger partial charge is 0.493 e. The molecular formula is C20H16F2O6. The lowest BCUT2D eigenvalue weighted by atomic mass is 10.1. The van der Waals surface area contributed by atoms with Crippen molar-refractivity contribution < 1.29 is 37.0 Å². The average molecular weight is 390 g/mol. The number of hydrogen-bond acceptors (Lipinski definition) is 6. The van der Waals surface area contributed by atoms with Crippen molar-refractivity contribution in [3.05, 3.63) is 59.4 Å². The van der Waals surface area contributed by atoms with Gasteiger partial charge in [0, 0.05) is 10.9 Å². The van der Waals surface area contributed by atoms with Crippen LogP contribution in [-0.4, -0.2) is 32.1 Å². The quantitative estimate of drug-likeness (QED) is 0.440. The van der Waals surface area contributed by atoms with E-state index in [1.807, 2.05) is 12.1 Å². The number of rotatable bonds is 7. The van der Waals surface area contributed by atoms with E-state index in [1.165, 1.54) is 19.2 Å². The lowest BCUT2D eigenvalue weighted by molar-refractivity contribution is -0.0512. The van der Waals surface area contributed by atoms with E-state index in [-0.39, 0.29) is 22.8 Å². The SMILES string of the molecule is COc1cc(C(=O)OCC(=O)c2oc3ccccc3c2C)ccc1OC(F)F. The van der Waals surface area contributed by atoms with Gasteiger partial charge in [0.2, 0.25) is 5.78 Å². The monoisotopic (exact) mass is 390 g/mol. The summed E-state index contributed by atoms with van der Waals surface area (Å²) in [6.07, 6.45) is 0. The maximum atomic E-state index is 12.4. The molecule has 0 bridgehead atoms. The van der Waals surface area contributed by atoms with E-state index in [4.69, 9.17) is 13.9 Å². The maximum Gasteiger partial charge on any atom is 0.387 e. The maximum absolute atomic E-state index is 12.4. The van der Waals surface area contributed by atoms with Crippen molar-refractivity contribution in [3.63, 3.8) is 0 Å². The van der Waals surface area contributed by atoms with Gasteiger partial charge >= 0.3 is 12.6 Å². The zero-order valence-electron chi connectivity index (χ0n) is 15.0. The summed E-state index contributed by atoms with van der Waals surface area (Å²) >= 11 is 0. The molecule has 0 fully saturated rings. The van der Waals surface area contributed by atoms with E-state index in [2.05, 4.69) is 4.74 Å². The molecule has 2 aromatic carbocycles. The molecule has 0 saturated carbocycles. The van der Waals surface area contributed by atoms with Crippen LogP contribution in [0.4, 0.5) is 8.78 Å². The van der Waals surface area contributed by atoms with E-state index in [0.717, 1.165) is 11.5 Å². The molecule has 0 spiro atoms. The first-order valence-electron chi connectivity index (χ1n) is 8.22. The number of fused-ring (bicyclic) bond motifs is 1. The highest BCUT2D eigenvalue weighted by molar-refractivity contribution is 6.02. The number of ether oxygens (including phenoxy) is 3. The van der Waals surface area contributed by atoms with Crippen molar-refractivity contribution in [1.29, 1.82) is 0 Å². The van der Waals surface area contributed by atoms with Gasteiger partial charge in [0.1, 0.15) is 5.58 Å². The fourth-order valence-electron chi connectivity index (χ4n) is 2.71. The molecule has 1 aromatic heterocycles. The molecule has 0 unspecified atom stereocenters. The van der Waals surface area contributed by atoms with Crippen LogP contribution in [0.5, 0.6) is 11.5 Å². The van der Waals surface area contributed by atoms with Gasteiger partial charge in [-0.1, -0.05) is 18.2 Å². The molecule has 8 heteroatoms. The molecule has 6 nitrogen and oxygen atoms in total. The highest BCUT2D eigenvalue weighted by atomic mass is 19.3. The summed E-state index contributed by atoms with van der Waals surface area (Å²) in [5, 5.41) is 0.802. The van der Waals surface area contributed by atoms with Crippen molar-refractivity contribution in [2.75, 3.05) is 13.7 Å². The minimum atomic E-state index is -3.03. The highest BCUT2D eigenvalue weighted by Crippen LogP contribution is 2.30. The van der Waals surface area contributed by atoms with Gasteiger partial charge in [-0.15, -0.1) is 0 Å². The number of Topliss-reactive ketones (excluding diaryl/α,β-unsaturated/α-hetero) is 1. The summed E-state index contributed by atoms with van der Waals surface area (Å²) in [6.45, 7) is -1.82. The van der Waals surface area contributed by atoms with Crippen LogP contribution in [0.2, 0.25) is 0 Å². The summed E-state index contributed by atoms with van der Waals surface area (Å²) in [6, 6.07) is 10.8. The first kappa shape index (κ1) is 19.3.